The maximum absolute atomic E-state index is 12.0. The van der Waals surface area contributed by atoms with Gasteiger partial charge < -0.3 is 15.7 Å². The highest BCUT2D eigenvalue weighted by Crippen LogP contribution is 2.16. The summed E-state index contributed by atoms with van der Waals surface area (Å²) in [6, 6.07) is 13.4. The Bertz CT molecular complexity index is 645. The van der Waals surface area contributed by atoms with Gasteiger partial charge in [-0.25, -0.2) is 0 Å². The summed E-state index contributed by atoms with van der Waals surface area (Å²) in [5.74, 6) is -0.173. The number of nitrogens with one attached hydrogen (secondary N) is 2. The van der Waals surface area contributed by atoms with Gasteiger partial charge in [0.25, 0.3) is 5.91 Å². The van der Waals surface area contributed by atoms with E-state index in [0.717, 1.165) is 12.2 Å². The molecule has 122 valence electrons. The summed E-state index contributed by atoms with van der Waals surface area (Å²) in [6.07, 6.45) is 0. The van der Waals surface area contributed by atoms with Crippen LogP contribution in [0.15, 0.2) is 42.5 Å². The van der Waals surface area contributed by atoms with E-state index in [1.807, 2.05) is 12.1 Å². The Balaban J connectivity index is 1.99. The summed E-state index contributed by atoms with van der Waals surface area (Å²) in [7, 11) is 0. The molecule has 1 amide bonds. The molecule has 0 spiro atoms. The number of benzene rings is 2. The van der Waals surface area contributed by atoms with Crippen molar-refractivity contribution in [1.82, 2.24) is 5.32 Å². The van der Waals surface area contributed by atoms with Crippen LogP contribution in [0, 0.1) is 13.8 Å². The largest absolute Gasteiger partial charge is 0.394 e. The van der Waals surface area contributed by atoms with Gasteiger partial charge in [0.1, 0.15) is 0 Å². The molecule has 23 heavy (non-hydrogen) atoms. The highest BCUT2D eigenvalue weighted by molar-refractivity contribution is 5.94. The summed E-state index contributed by atoms with van der Waals surface area (Å²) < 4.78 is 0. The van der Waals surface area contributed by atoms with Crippen LogP contribution in [-0.2, 0) is 6.54 Å². The van der Waals surface area contributed by atoms with Crippen molar-refractivity contribution in [2.45, 2.75) is 33.4 Å². The minimum absolute atomic E-state index is 0.0683. The molecule has 2 rings (SSSR count). The summed E-state index contributed by atoms with van der Waals surface area (Å²) >= 11 is 0. The minimum Gasteiger partial charge on any atom is -0.394 e. The molecule has 4 nitrogen and oxygen atoms in total. The molecule has 0 heterocycles. The lowest BCUT2D eigenvalue weighted by Gasteiger charge is -2.13. The van der Waals surface area contributed by atoms with Crippen LogP contribution in [0.3, 0.4) is 0 Å². The molecule has 1 unspecified atom stereocenters. The highest BCUT2D eigenvalue weighted by Gasteiger charge is 2.09. The Kier molecular flexibility index (Phi) is 5.77. The van der Waals surface area contributed by atoms with Crippen molar-refractivity contribution in [1.29, 1.82) is 0 Å². The van der Waals surface area contributed by atoms with Gasteiger partial charge in [0.05, 0.1) is 6.61 Å². The first-order valence-corrected chi connectivity index (χ1v) is 7.82. The number of anilines is 1. The molecule has 1 atom stereocenters. The number of aryl methyl sites for hydroxylation is 2. The van der Waals surface area contributed by atoms with E-state index in [0.29, 0.717) is 5.56 Å². The lowest BCUT2D eigenvalue weighted by atomic mass is 10.0. The first kappa shape index (κ1) is 17.0. The van der Waals surface area contributed by atoms with Crippen LogP contribution in [0.4, 0.5) is 5.69 Å². The van der Waals surface area contributed by atoms with Gasteiger partial charge in [-0.05, 0) is 61.7 Å². The number of amides is 1. The van der Waals surface area contributed by atoms with E-state index in [-0.39, 0.29) is 18.6 Å². The summed E-state index contributed by atoms with van der Waals surface area (Å²) in [5, 5.41) is 15.1. The number of carbonyl (C=O) groups is 1. The number of carbonyl (C=O) groups excluding carboxylic acids is 1. The third kappa shape index (κ3) is 4.57. The first-order valence-electron chi connectivity index (χ1n) is 7.82. The average Bonchev–Trinajstić information content (AvgIpc) is 2.54. The van der Waals surface area contributed by atoms with Crippen molar-refractivity contribution in [2.24, 2.45) is 0 Å². The normalized spacial score (nSPS) is 11.8. The van der Waals surface area contributed by atoms with E-state index in [1.165, 1.54) is 16.7 Å². The molecule has 2 aromatic rings. The second-order valence-corrected chi connectivity index (χ2v) is 5.86. The van der Waals surface area contributed by atoms with Crippen LogP contribution in [0.25, 0.3) is 0 Å². The third-order valence-corrected chi connectivity index (χ3v) is 3.91. The van der Waals surface area contributed by atoms with Gasteiger partial charge in [0.15, 0.2) is 0 Å². The maximum Gasteiger partial charge on any atom is 0.251 e. The second kappa shape index (κ2) is 7.79. The third-order valence-electron chi connectivity index (χ3n) is 3.91. The Labute approximate surface area is 137 Å². The highest BCUT2D eigenvalue weighted by atomic mass is 16.3. The van der Waals surface area contributed by atoms with Crippen molar-refractivity contribution in [3.63, 3.8) is 0 Å². The molecule has 0 aliphatic heterocycles. The van der Waals surface area contributed by atoms with Crippen molar-refractivity contribution in [2.75, 3.05) is 11.9 Å². The van der Waals surface area contributed by atoms with Crippen LogP contribution < -0.4 is 10.6 Å². The Morgan fingerprint density at radius 3 is 2.26 bits per heavy atom. The van der Waals surface area contributed by atoms with E-state index < -0.39 is 0 Å². The molecule has 0 fully saturated rings. The molecule has 4 heteroatoms. The van der Waals surface area contributed by atoms with Gasteiger partial charge >= 0.3 is 0 Å². The molecular weight excluding hydrogens is 288 g/mol. The van der Waals surface area contributed by atoms with Crippen molar-refractivity contribution < 1.29 is 9.90 Å². The molecule has 0 aromatic heterocycles. The Morgan fingerprint density at radius 2 is 1.70 bits per heavy atom. The molecular formula is C19H24N2O2. The van der Waals surface area contributed by atoms with E-state index in [2.05, 4.69) is 42.7 Å². The smallest absolute Gasteiger partial charge is 0.251 e. The molecule has 0 aliphatic carbocycles. The van der Waals surface area contributed by atoms with Crippen LogP contribution in [0.5, 0.6) is 0 Å². The van der Waals surface area contributed by atoms with Gasteiger partial charge in [-0.3, -0.25) is 4.79 Å². The fourth-order valence-electron chi connectivity index (χ4n) is 2.41. The van der Waals surface area contributed by atoms with E-state index in [9.17, 15) is 4.79 Å². The SMILES string of the molecule is Cc1cccc(C)c1CNc1ccc(C(=O)NC(C)CO)cc1. The lowest BCUT2D eigenvalue weighted by Crippen LogP contribution is -2.34. The minimum atomic E-state index is -0.246. The average molecular weight is 312 g/mol. The maximum atomic E-state index is 12.0. The summed E-state index contributed by atoms with van der Waals surface area (Å²) in [4.78, 5) is 12.0. The van der Waals surface area contributed by atoms with E-state index >= 15 is 0 Å². The number of aliphatic hydroxyl groups excluding tert-OH is 1. The number of hydrogen-bond acceptors (Lipinski definition) is 3. The van der Waals surface area contributed by atoms with Crippen molar-refractivity contribution in [3.05, 3.63) is 64.7 Å². The topological polar surface area (TPSA) is 61.4 Å². The van der Waals surface area contributed by atoms with Gasteiger partial charge in [-0.2, -0.15) is 0 Å². The van der Waals surface area contributed by atoms with Gasteiger partial charge in [-0.1, -0.05) is 18.2 Å². The predicted octanol–water partition coefficient (Wildman–Crippen LogP) is 3.03. The fourth-order valence-corrected chi connectivity index (χ4v) is 2.41. The number of aliphatic hydroxyl groups is 1. The monoisotopic (exact) mass is 312 g/mol. The summed E-state index contributed by atoms with van der Waals surface area (Å²) in [6.45, 7) is 6.67. The fraction of sp³-hybridized carbons (Fsp3) is 0.316. The van der Waals surface area contributed by atoms with Crippen molar-refractivity contribution >= 4 is 11.6 Å². The molecule has 0 saturated heterocycles. The quantitative estimate of drug-likeness (QED) is 0.768. The molecule has 0 radical (unpaired) electrons. The summed E-state index contributed by atoms with van der Waals surface area (Å²) in [5.41, 5.74) is 5.39. The van der Waals surface area contributed by atoms with Crippen LogP contribution in [0.2, 0.25) is 0 Å². The molecule has 0 aliphatic rings. The molecule has 2 aromatic carbocycles. The standard InChI is InChI=1S/C19H24N2O2/c1-13-5-4-6-14(2)18(13)11-20-17-9-7-16(8-10-17)19(23)21-15(3)12-22/h4-10,15,20,22H,11-12H2,1-3H3,(H,21,23). The first-order chi connectivity index (χ1) is 11.0. The van der Waals surface area contributed by atoms with Crippen LogP contribution in [-0.4, -0.2) is 23.7 Å². The van der Waals surface area contributed by atoms with Crippen LogP contribution in [0.1, 0.15) is 34.0 Å². The van der Waals surface area contributed by atoms with Gasteiger partial charge in [-0.15, -0.1) is 0 Å². The van der Waals surface area contributed by atoms with Gasteiger partial charge in [0, 0.05) is 23.8 Å². The predicted molar refractivity (Wildman–Crippen MR) is 93.7 cm³/mol. The zero-order chi connectivity index (χ0) is 16.8. The molecule has 0 bridgehead atoms. The van der Waals surface area contributed by atoms with Crippen LogP contribution >= 0.6 is 0 Å². The van der Waals surface area contributed by atoms with Crippen molar-refractivity contribution in [3.8, 4) is 0 Å². The van der Waals surface area contributed by atoms with Gasteiger partial charge in [0.2, 0.25) is 0 Å². The number of rotatable bonds is 6. The molecule has 0 saturated carbocycles. The molecule has 3 N–H and O–H groups in total. The Morgan fingerprint density at radius 1 is 1.09 bits per heavy atom. The number of hydrogen-bond donors (Lipinski definition) is 3. The van der Waals surface area contributed by atoms with E-state index in [1.54, 1.807) is 19.1 Å². The second-order valence-electron chi connectivity index (χ2n) is 5.86. The van der Waals surface area contributed by atoms with E-state index in [4.69, 9.17) is 5.11 Å². The zero-order valence-electron chi connectivity index (χ0n) is 13.9. The zero-order valence-corrected chi connectivity index (χ0v) is 13.9. The lowest BCUT2D eigenvalue weighted by molar-refractivity contribution is 0.0922. The Hall–Kier alpha value is -2.33.